The summed E-state index contributed by atoms with van der Waals surface area (Å²) in [4.78, 5) is 6.57. The van der Waals surface area contributed by atoms with Gasteiger partial charge in [0.15, 0.2) is 0 Å². The summed E-state index contributed by atoms with van der Waals surface area (Å²) in [6.45, 7) is 0.734. The Bertz CT molecular complexity index is 425. The fraction of sp³-hybridized carbons (Fsp3) is 0.273. The Hall–Kier alpha value is -0.930. The van der Waals surface area contributed by atoms with Crippen LogP contribution in [0.4, 0.5) is 0 Å². The van der Waals surface area contributed by atoms with Crippen LogP contribution in [0.25, 0.3) is 5.70 Å². The maximum atomic E-state index is 5.23. The first kappa shape index (κ1) is 8.38. The lowest BCUT2D eigenvalue weighted by atomic mass is 10.1. The van der Waals surface area contributed by atoms with Crippen LogP contribution in [-0.2, 0) is 11.3 Å². The zero-order valence-corrected chi connectivity index (χ0v) is 8.78. The molecular formula is C11H11NOS. The highest BCUT2D eigenvalue weighted by atomic mass is 32.2. The summed E-state index contributed by atoms with van der Waals surface area (Å²) in [6.07, 6.45) is 3.16. The van der Waals surface area contributed by atoms with Crippen molar-refractivity contribution in [3.8, 4) is 0 Å². The minimum absolute atomic E-state index is 0.734. The Morgan fingerprint density at radius 2 is 2.36 bits per heavy atom. The molecule has 0 bridgehead atoms. The van der Waals surface area contributed by atoms with Gasteiger partial charge in [-0.15, -0.1) is 11.8 Å². The SMILES string of the molecule is CSc1cccc2c1C1=C(CON1)C2. The van der Waals surface area contributed by atoms with Crippen molar-refractivity contribution in [2.75, 3.05) is 12.9 Å². The van der Waals surface area contributed by atoms with Crippen molar-refractivity contribution in [2.45, 2.75) is 11.3 Å². The van der Waals surface area contributed by atoms with Crippen LogP contribution in [0.2, 0.25) is 0 Å². The third kappa shape index (κ3) is 1.03. The molecule has 1 aliphatic heterocycles. The Balaban J connectivity index is 2.19. The van der Waals surface area contributed by atoms with Crippen LogP contribution in [0, 0.1) is 0 Å². The van der Waals surface area contributed by atoms with Gasteiger partial charge in [-0.25, -0.2) is 0 Å². The van der Waals surface area contributed by atoms with E-state index < -0.39 is 0 Å². The first-order valence-electron chi connectivity index (χ1n) is 4.66. The van der Waals surface area contributed by atoms with Crippen molar-refractivity contribution >= 4 is 17.5 Å². The Kier molecular flexibility index (Phi) is 1.82. The van der Waals surface area contributed by atoms with Gasteiger partial charge in [-0.3, -0.25) is 10.3 Å². The summed E-state index contributed by atoms with van der Waals surface area (Å²) < 4.78 is 0. The van der Waals surface area contributed by atoms with Gasteiger partial charge in [0.1, 0.15) is 0 Å². The lowest BCUT2D eigenvalue weighted by Crippen LogP contribution is -2.07. The molecule has 0 saturated carbocycles. The van der Waals surface area contributed by atoms with E-state index in [4.69, 9.17) is 4.84 Å². The molecule has 1 heterocycles. The van der Waals surface area contributed by atoms with Crippen molar-refractivity contribution in [1.82, 2.24) is 5.48 Å². The van der Waals surface area contributed by atoms with Crippen LogP contribution in [0.5, 0.6) is 0 Å². The number of rotatable bonds is 1. The molecule has 3 heteroatoms. The first-order valence-corrected chi connectivity index (χ1v) is 5.88. The van der Waals surface area contributed by atoms with Gasteiger partial charge >= 0.3 is 0 Å². The number of benzene rings is 1. The van der Waals surface area contributed by atoms with E-state index in [1.165, 1.54) is 27.3 Å². The molecule has 1 N–H and O–H groups in total. The van der Waals surface area contributed by atoms with Gasteiger partial charge in [0.25, 0.3) is 0 Å². The van der Waals surface area contributed by atoms with Gasteiger partial charge in [0, 0.05) is 10.5 Å². The van der Waals surface area contributed by atoms with Crippen LogP contribution in [0.1, 0.15) is 11.1 Å². The summed E-state index contributed by atoms with van der Waals surface area (Å²) in [7, 11) is 0. The summed E-state index contributed by atoms with van der Waals surface area (Å²) in [6, 6.07) is 6.50. The zero-order valence-electron chi connectivity index (χ0n) is 7.96. The van der Waals surface area contributed by atoms with E-state index in [2.05, 4.69) is 29.9 Å². The highest BCUT2D eigenvalue weighted by Gasteiger charge is 2.27. The second kappa shape index (κ2) is 3.04. The van der Waals surface area contributed by atoms with E-state index in [0.717, 1.165) is 13.0 Å². The fourth-order valence-electron chi connectivity index (χ4n) is 2.11. The van der Waals surface area contributed by atoms with Gasteiger partial charge in [0.05, 0.1) is 12.3 Å². The highest BCUT2D eigenvalue weighted by molar-refractivity contribution is 7.98. The molecule has 0 aromatic heterocycles. The summed E-state index contributed by atoms with van der Waals surface area (Å²) in [5.74, 6) is 0. The second-order valence-corrected chi connectivity index (χ2v) is 4.39. The molecule has 0 atom stereocenters. The van der Waals surface area contributed by atoms with Gasteiger partial charge < -0.3 is 0 Å². The van der Waals surface area contributed by atoms with Gasteiger partial charge in [-0.05, 0) is 29.9 Å². The van der Waals surface area contributed by atoms with E-state index in [1.54, 1.807) is 11.8 Å². The van der Waals surface area contributed by atoms with Crippen molar-refractivity contribution in [3.63, 3.8) is 0 Å². The van der Waals surface area contributed by atoms with E-state index in [1.807, 2.05) is 0 Å². The lowest BCUT2D eigenvalue weighted by Gasteiger charge is -2.09. The van der Waals surface area contributed by atoms with Gasteiger partial charge in [-0.2, -0.15) is 0 Å². The first-order chi connectivity index (χ1) is 6.90. The Morgan fingerprint density at radius 3 is 3.21 bits per heavy atom. The molecule has 2 nitrogen and oxygen atoms in total. The van der Waals surface area contributed by atoms with Crippen LogP contribution >= 0.6 is 11.8 Å². The molecule has 0 radical (unpaired) electrons. The van der Waals surface area contributed by atoms with Gasteiger partial charge in [-0.1, -0.05) is 12.1 Å². The monoisotopic (exact) mass is 205 g/mol. The van der Waals surface area contributed by atoms with Crippen LogP contribution in [0.3, 0.4) is 0 Å². The number of fused-ring (bicyclic) bond motifs is 2. The summed E-state index contributed by atoms with van der Waals surface area (Å²) in [5.41, 5.74) is 8.40. The standard InChI is InChI=1S/C11H11NOS/c1-14-9-4-2-3-7-5-8-6-13-12-11(8)10(7)9/h2-4,12H,5-6H2,1H3. The molecular weight excluding hydrogens is 194 g/mol. The Labute approximate surface area is 87.3 Å². The lowest BCUT2D eigenvalue weighted by molar-refractivity contribution is 0.116. The predicted molar refractivity (Wildman–Crippen MR) is 57.9 cm³/mol. The van der Waals surface area contributed by atoms with E-state index >= 15 is 0 Å². The molecule has 0 unspecified atom stereocenters. The molecule has 2 aliphatic rings. The molecule has 0 saturated heterocycles. The third-order valence-corrected chi connectivity index (χ3v) is 3.54. The van der Waals surface area contributed by atoms with Crippen molar-refractivity contribution in [2.24, 2.45) is 0 Å². The molecule has 3 rings (SSSR count). The molecule has 0 fully saturated rings. The molecule has 1 aliphatic carbocycles. The van der Waals surface area contributed by atoms with E-state index in [-0.39, 0.29) is 0 Å². The minimum atomic E-state index is 0.734. The largest absolute Gasteiger partial charge is 0.272 e. The second-order valence-electron chi connectivity index (χ2n) is 3.54. The maximum absolute atomic E-state index is 5.23. The Morgan fingerprint density at radius 1 is 1.43 bits per heavy atom. The number of nitrogens with one attached hydrogen (secondary N) is 1. The molecule has 1 aromatic carbocycles. The highest BCUT2D eigenvalue weighted by Crippen LogP contribution is 2.39. The number of thioether (sulfide) groups is 1. The average molecular weight is 205 g/mol. The smallest absolute Gasteiger partial charge is 0.0983 e. The number of hydrogen-bond acceptors (Lipinski definition) is 3. The summed E-state index contributed by atoms with van der Waals surface area (Å²) >= 11 is 1.79. The molecule has 1 aromatic rings. The van der Waals surface area contributed by atoms with Crippen LogP contribution in [-0.4, -0.2) is 12.9 Å². The zero-order chi connectivity index (χ0) is 9.54. The normalized spacial score (nSPS) is 18.1. The molecule has 14 heavy (non-hydrogen) atoms. The number of hydrogen-bond donors (Lipinski definition) is 1. The summed E-state index contributed by atoms with van der Waals surface area (Å²) in [5, 5.41) is 0. The third-order valence-electron chi connectivity index (χ3n) is 2.76. The van der Waals surface area contributed by atoms with Crippen LogP contribution < -0.4 is 5.48 Å². The van der Waals surface area contributed by atoms with Crippen molar-refractivity contribution in [1.29, 1.82) is 0 Å². The minimum Gasteiger partial charge on any atom is -0.272 e. The van der Waals surface area contributed by atoms with E-state index in [0.29, 0.717) is 0 Å². The van der Waals surface area contributed by atoms with Crippen LogP contribution in [0.15, 0.2) is 28.7 Å². The fourth-order valence-corrected chi connectivity index (χ4v) is 2.77. The number of hydroxylamine groups is 1. The van der Waals surface area contributed by atoms with E-state index in [9.17, 15) is 0 Å². The quantitative estimate of drug-likeness (QED) is 0.710. The molecule has 0 amide bonds. The maximum Gasteiger partial charge on any atom is 0.0983 e. The van der Waals surface area contributed by atoms with Gasteiger partial charge in [0.2, 0.25) is 0 Å². The predicted octanol–water partition coefficient (Wildman–Crippen LogP) is 2.21. The van der Waals surface area contributed by atoms with Crippen molar-refractivity contribution in [3.05, 3.63) is 34.9 Å². The van der Waals surface area contributed by atoms with Crippen molar-refractivity contribution < 1.29 is 4.84 Å². The molecule has 72 valence electrons. The molecule has 0 spiro atoms. The average Bonchev–Trinajstić information content (AvgIpc) is 2.75. The topological polar surface area (TPSA) is 21.3 Å².